The van der Waals surface area contributed by atoms with E-state index in [1.165, 1.54) is 0 Å². The molecule has 2 unspecified atom stereocenters. The molecule has 6 nitrogen and oxygen atoms in total. The monoisotopic (exact) mass is 286 g/mol. The molecule has 0 aromatic heterocycles. The molecule has 0 bridgehead atoms. The molecule has 0 amide bonds. The molecule has 0 radical (unpaired) electrons. The van der Waals surface area contributed by atoms with Crippen LogP contribution >= 0.6 is 15.2 Å². The first-order valence-corrected chi connectivity index (χ1v) is 7.96. The Morgan fingerprint density at radius 3 is 1.13 bits per heavy atom. The van der Waals surface area contributed by atoms with Crippen LogP contribution in [0.1, 0.15) is 13.8 Å². The summed E-state index contributed by atoms with van der Waals surface area (Å²) in [4.78, 5) is 20.1. The summed E-state index contributed by atoms with van der Waals surface area (Å²) in [6.07, 6.45) is 0. The fourth-order valence-electron chi connectivity index (χ4n) is 0.469. The van der Waals surface area contributed by atoms with Gasteiger partial charge in [0.15, 0.2) is 0 Å². The molecule has 15 heavy (non-hydrogen) atoms. The smallest absolute Gasteiger partial charge is 0.779 e. The minimum absolute atomic E-state index is 0. The molecule has 0 rings (SSSR count). The molecule has 9 heteroatoms. The number of hydrogen-bond donors (Lipinski definition) is 0. The minimum atomic E-state index is -3.42. The zero-order valence-electron chi connectivity index (χ0n) is 9.47. The SMILES string of the molecule is CCOP(C)(=O)[O-].CCOP(C)(=O)[O-].[Ca+2]. The van der Waals surface area contributed by atoms with Crippen LogP contribution in [-0.2, 0) is 18.2 Å². The molecule has 88 valence electrons. The zero-order valence-corrected chi connectivity index (χ0v) is 13.5. The van der Waals surface area contributed by atoms with Crippen LogP contribution in [0.2, 0.25) is 0 Å². The third kappa shape index (κ3) is 31.3. The third-order valence-corrected chi connectivity index (χ3v) is 2.18. The van der Waals surface area contributed by atoms with Gasteiger partial charge < -0.3 is 28.0 Å². The molecule has 0 aliphatic rings. The minimum Gasteiger partial charge on any atom is -0.779 e. The summed E-state index contributed by atoms with van der Waals surface area (Å²) in [6, 6.07) is 0. The molecule has 0 saturated heterocycles. The summed E-state index contributed by atoms with van der Waals surface area (Å²) in [7, 11) is -6.83. The van der Waals surface area contributed by atoms with Gasteiger partial charge in [-0.3, -0.25) is 0 Å². The van der Waals surface area contributed by atoms with E-state index < -0.39 is 15.2 Å². The fraction of sp³-hybridized carbons (Fsp3) is 1.00. The largest absolute Gasteiger partial charge is 2.00 e. The second kappa shape index (κ2) is 10.7. The van der Waals surface area contributed by atoms with Crippen molar-refractivity contribution in [2.45, 2.75) is 13.8 Å². The fourth-order valence-corrected chi connectivity index (χ4v) is 1.41. The first-order valence-electron chi connectivity index (χ1n) is 3.98. The Morgan fingerprint density at radius 2 is 1.13 bits per heavy atom. The van der Waals surface area contributed by atoms with Crippen LogP contribution in [0.4, 0.5) is 0 Å². The molecule has 0 aromatic rings. The van der Waals surface area contributed by atoms with E-state index in [0.717, 1.165) is 13.3 Å². The summed E-state index contributed by atoms with van der Waals surface area (Å²) < 4.78 is 28.5. The number of rotatable bonds is 4. The van der Waals surface area contributed by atoms with Gasteiger partial charge in [0.2, 0.25) is 0 Å². The Hall–Kier alpha value is 1.56. The van der Waals surface area contributed by atoms with Gasteiger partial charge in [-0.15, -0.1) is 0 Å². The molecule has 0 spiro atoms. The Morgan fingerprint density at radius 1 is 0.933 bits per heavy atom. The van der Waals surface area contributed by atoms with Gasteiger partial charge in [-0.25, -0.2) is 0 Å². The summed E-state index contributed by atoms with van der Waals surface area (Å²) in [6.45, 7) is 5.84. The van der Waals surface area contributed by atoms with Gasteiger partial charge in [-0.1, -0.05) is 0 Å². The van der Waals surface area contributed by atoms with E-state index in [1.807, 2.05) is 0 Å². The van der Waals surface area contributed by atoms with Crippen LogP contribution in [0, 0.1) is 0 Å². The maximum atomic E-state index is 10.0. The molecule has 0 saturated carbocycles. The molecule has 0 aliphatic carbocycles. The van der Waals surface area contributed by atoms with Crippen LogP contribution < -0.4 is 9.79 Å². The second-order valence-electron chi connectivity index (χ2n) is 2.38. The van der Waals surface area contributed by atoms with Crippen molar-refractivity contribution in [3.63, 3.8) is 0 Å². The van der Waals surface area contributed by atoms with Crippen molar-refractivity contribution >= 4 is 52.9 Å². The maximum absolute atomic E-state index is 10.0. The first kappa shape index (κ1) is 21.8. The second-order valence-corrected chi connectivity index (χ2v) is 5.98. The summed E-state index contributed by atoms with van der Waals surface area (Å²) in [5.41, 5.74) is 0. The van der Waals surface area contributed by atoms with Gasteiger partial charge in [0, 0.05) is 13.3 Å². The summed E-state index contributed by atoms with van der Waals surface area (Å²) in [5.74, 6) is 0. The normalized spacial score (nSPS) is 17.5. The molecule has 2 atom stereocenters. The molecule has 0 heterocycles. The topological polar surface area (TPSA) is 98.7 Å². The van der Waals surface area contributed by atoms with Crippen LogP contribution in [0.5, 0.6) is 0 Å². The van der Waals surface area contributed by atoms with E-state index in [9.17, 15) is 18.9 Å². The van der Waals surface area contributed by atoms with Crippen molar-refractivity contribution in [3.8, 4) is 0 Å². The first-order chi connectivity index (χ1) is 6.12. The summed E-state index contributed by atoms with van der Waals surface area (Å²) in [5, 5.41) is 0. The van der Waals surface area contributed by atoms with Crippen molar-refractivity contribution in [2.75, 3.05) is 26.5 Å². The Kier molecular flexibility index (Phi) is 15.6. The van der Waals surface area contributed by atoms with Gasteiger partial charge in [0.1, 0.15) is 15.2 Å². The Bertz CT molecular complexity index is 198. The van der Waals surface area contributed by atoms with E-state index in [1.54, 1.807) is 13.8 Å². The van der Waals surface area contributed by atoms with E-state index in [0.29, 0.717) is 0 Å². The quantitative estimate of drug-likeness (QED) is 0.534. The van der Waals surface area contributed by atoms with Crippen LogP contribution in [0.25, 0.3) is 0 Å². The van der Waals surface area contributed by atoms with E-state index >= 15 is 0 Å². The van der Waals surface area contributed by atoms with Crippen molar-refractivity contribution in [2.24, 2.45) is 0 Å². The van der Waals surface area contributed by atoms with Gasteiger partial charge in [-0.2, -0.15) is 0 Å². The van der Waals surface area contributed by atoms with Crippen LogP contribution in [0.3, 0.4) is 0 Å². The molecule has 0 aromatic carbocycles. The van der Waals surface area contributed by atoms with E-state index in [2.05, 4.69) is 9.05 Å². The zero-order chi connectivity index (χ0) is 11.8. The number of hydrogen-bond acceptors (Lipinski definition) is 6. The molecular weight excluding hydrogens is 270 g/mol. The van der Waals surface area contributed by atoms with E-state index in [-0.39, 0.29) is 51.0 Å². The Balaban J connectivity index is -0.000000180. The molecule has 0 N–H and O–H groups in total. The standard InChI is InChI=1S/2C3H9O3P.Ca/c2*1-3-6-7(2,4)5;/h2*3H2,1-2H3,(H,4,5);/q;;+2/p-2. The van der Waals surface area contributed by atoms with Gasteiger partial charge in [-0.05, 0) is 13.8 Å². The van der Waals surface area contributed by atoms with Crippen LogP contribution in [-0.4, -0.2) is 64.3 Å². The van der Waals surface area contributed by atoms with Gasteiger partial charge in [0.25, 0.3) is 0 Å². The van der Waals surface area contributed by atoms with Crippen molar-refractivity contribution in [1.29, 1.82) is 0 Å². The average molecular weight is 286 g/mol. The van der Waals surface area contributed by atoms with Gasteiger partial charge >= 0.3 is 37.7 Å². The predicted octanol–water partition coefficient (Wildman–Crippen LogP) is 0.0314. The van der Waals surface area contributed by atoms with Crippen molar-refractivity contribution < 1.29 is 28.0 Å². The Labute approximate surface area is 120 Å². The molecule has 0 aliphatic heterocycles. The van der Waals surface area contributed by atoms with Crippen LogP contribution in [0.15, 0.2) is 0 Å². The average Bonchev–Trinajstić information content (AvgIpc) is 1.81. The molecule has 0 fully saturated rings. The third-order valence-electron chi connectivity index (χ3n) is 0.727. The van der Waals surface area contributed by atoms with Crippen molar-refractivity contribution in [3.05, 3.63) is 0 Å². The van der Waals surface area contributed by atoms with Crippen molar-refractivity contribution in [1.82, 2.24) is 0 Å². The molecular formula is C6H16CaO6P2. The maximum Gasteiger partial charge on any atom is 2.00 e. The summed E-state index contributed by atoms with van der Waals surface area (Å²) >= 11 is 0. The van der Waals surface area contributed by atoms with E-state index in [4.69, 9.17) is 0 Å². The van der Waals surface area contributed by atoms with Gasteiger partial charge in [0.05, 0.1) is 13.2 Å². The predicted molar refractivity (Wildman–Crippen MR) is 56.1 cm³/mol.